The molecule has 1 aromatic carbocycles. The molecule has 0 spiro atoms. The molecule has 0 bridgehead atoms. The molecule has 0 aliphatic carbocycles. The number of hydrazone groups is 1. The summed E-state index contributed by atoms with van der Waals surface area (Å²) in [5.41, 5.74) is 1.60. The maximum atomic E-state index is 13.3. The van der Waals surface area contributed by atoms with E-state index in [9.17, 15) is 23.7 Å². The number of hydrogen-bond acceptors (Lipinski definition) is 5. The average Bonchev–Trinajstić information content (AvgIpc) is 2.87. The molecule has 1 N–H and O–H groups in total. The van der Waals surface area contributed by atoms with Crippen molar-refractivity contribution in [1.82, 2.24) is 5.43 Å². The number of amides is 1. The molecule has 1 amide bonds. The SMILES string of the molecule is O=C(NN=Cc1csc([N+](=O)[O-])c1)c1c(F)cccc1F. The standard InChI is InChI=1S/C12H7F2N3O3S/c13-8-2-1-3-9(14)11(8)12(18)16-15-5-7-4-10(17(19)20)21-6-7/h1-6H,(H,16,18). The van der Waals surface area contributed by atoms with Crippen LogP contribution in [0.5, 0.6) is 0 Å². The summed E-state index contributed by atoms with van der Waals surface area (Å²) in [5, 5.41) is 15.3. The van der Waals surface area contributed by atoms with Crippen LogP contribution in [0.4, 0.5) is 13.8 Å². The van der Waals surface area contributed by atoms with E-state index in [2.05, 4.69) is 5.10 Å². The lowest BCUT2D eigenvalue weighted by Gasteiger charge is -2.02. The van der Waals surface area contributed by atoms with Crippen LogP contribution >= 0.6 is 11.3 Å². The minimum absolute atomic E-state index is 0.0806. The van der Waals surface area contributed by atoms with Crippen molar-refractivity contribution >= 4 is 28.5 Å². The molecule has 0 aliphatic rings. The summed E-state index contributed by atoms with van der Waals surface area (Å²) < 4.78 is 26.6. The minimum atomic E-state index is -1.05. The summed E-state index contributed by atoms with van der Waals surface area (Å²) in [4.78, 5) is 21.5. The lowest BCUT2D eigenvalue weighted by Crippen LogP contribution is -2.20. The molecule has 21 heavy (non-hydrogen) atoms. The third-order valence-electron chi connectivity index (χ3n) is 2.36. The second kappa shape index (κ2) is 6.18. The number of thiophene rings is 1. The Morgan fingerprint density at radius 1 is 1.38 bits per heavy atom. The van der Waals surface area contributed by atoms with Crippen molar-refractivity contribution in [3.05, 3.63) is 62.5 Å². The molecule has 2 aromatic rings. The van der Waals surface area contributed by atoms with Crippen LogP contribution < -0.4 is 5.43 Å². The molecule has 9 heteroatoms. The number of nitrogens with one attached hydrogen (secondary N) is 1. The fourth-order valence-corrected chi connectivity index (χ4v) is 2.11. The number of rotatable bonds is 4. The molecule has 0 fully saturated rings. The second-order valence-corrected chi connectivity index (χ2v) is 4.66. The van der Waals surface area contributed by atoms with Crippen LogP contribution in [0.3, 0.4) is 0 Å². The highest BCUT2D eigenvalue weighted by molar-refractivity contribution is 7.13. The van der Waals surface area contributed by atoms with Crippen LogP contribution in [-0.4, -0.2) is 17.0 Å². The molecule has 0 unspecified atom stereocenters. The summed E-state index contributed by atoms with van der Waals surface area (Å²) in [6.07, 6.45) is 1.14. The minimum Gasteiger partial charge on any atom is -0.267 e. The zero-order valence-corrected chi connectivity index (χ0v) is 11.1. The van der Waals surface area contributed by atoms with Gasteiger partial charge in [-0.1, -0.05) is 17.4 Å². The van der Waals surface area contributed by atoms with Crippen LogP contribution in [0.2, 0.25) is 0 Å². The van der Waals surface area contributed by atoms with Gasteiger partial charge in [-0.25, -0.2) is 14.2 Å². The third-order valence-corrected chi connectivity index (χ3v) is 3.25. The molecule has 0 aliphatic heterocycles. The zero-order valence-electron chi connectivity index (χ0n) is 10.2. The Morgan fingerprint density at radius 2 is 2.05 bits per heavy atom. The van der Waals surface area contributed by atoms with E-state index in [-0.39, 0.29) is 5.00 Å². The quantitative estimate of drug-likeness (QED) is 0.535. The number of halogens is 2. The molecule has 2 rings (SSSR count). The van der Waals surface area contributed by atoms with Gasteiger partial charge in [0.25, 0.3) is 5.91 Å². The van der Waals surface area contributed by atoms with Crippen molar-refractivity contribution in [1.29, 1.82) is 0 Å². The normalized spacial score (nSPS) is 10.8. The summed E-state index contributed by atoms with van der Waals surface area (Å²) in [6, 6.07) is 4.28. The maximum Gasteiger partial charge on any atom is 0.324 e. The second-order valence-electron chi connectivity index (χ2n) is 3.77. The molecule has 6 nitrogen and oxygen atoms in total. The lowest BCUT2D eigenvalue weighted by molar-refractivity contribution is -0.380. The fourth-order valence-electron chi connectivity index (χ4n) is 1.44. The fraction of sp³-hybridized carbons (Fsp3) is 0. The highest BCUT2D eigenvalue weighted by Gasteiger charge is 2.16. The molecule has 0 radical (unpaired) electrons. The zero-order chi connectivity index (χ0) is 15.4. The van der Waals surface area contributed by atoms with Crippen molar-refractivity contribution in [3.63, 3.8) is 0 Å². The van der Waals surface area contributed by atoms with Gasteiger partial charge in [-0.2, -0.15) is 5.10 Å². The largest absolute Gasteiger partial charge is 0.324 e. The van der Waals surface area contributed by atoms with Gasteiger partial charge < -0.3 is 0 Å². The van der Waals surface area contributed by atoms with Gasteiger partial charge in [0.15, 0.2) is 0 Å². The van der Waals surface area contributed by atoms with Crippen LogP contribution in [0, 0.1) is 21.7 Å². The van der Waals surface area contributed by atoms with Gasteiger partial charge in [0.2, 0.25) is 0 Å². The first kappa shape index (κ1) is 14.7. The molecular weight excluding hydrogens is 304 g/mol. The summed E-state index contributed by atoms with van der Waals surface area (Å²) in [5.74, 6) is -3.06. The van der Waals surface area contributed by atoms with E-state index < -0.39 is 28.0 Å². The van der Waals surface area contributed by atoms with Crippen molar-refractivity contribution in [2.45, 2.75) is 0 Å². The number of carbonyl (C=O) groups is 1. The smallest absolute Gasteiger partial charge is 0.267 e. The van der Waals surface area contributed by atoms with Crippen molar-refractivity contribution in [2.75, 3.05) is 0 Å². The molecular formula is C12H7F2N3O3S. The van der Waals surface area contributed by atoms with Gasteiger partial charge in [0.1, 0.15) is 17.2 Å². The van der Waals surface area contributed by atoms with Crippen LogP contribution in [0.25, 0.3) is 0 Å². The van der Waals surface area contributed by atoms with Gasteiger partial charge in [-0.3, -0.25) is 14.9 Å². The Hall–Kier alpha value is -2.68. The van der Waals surface area contributed by atoms with E-state index >= 15 is 0 Å². The van der Waals surface area contributed by atoms with Gasteiger partial charge in [-0.15, -0.1) is 0 Å². The predicted molar refractivity (Wildman–Crippen MR) is 72.4 cm³/mol. The topological polar surface area (TPSA) is 84.6 Å². The van der Waals surface area contributed by atoms with Gasteiger partial charge in [-0.05, 0) is 12.1 Å². The monoisotopic (exact) mass is 311 g/mol. The van der Waals surface area contributed by atoms with Gasteiger partial charge in [0, 0.05) is 17.0 Å². The first-order chi connectivity index (χ1) is 9.99. The Bertz CT molecular complexity index is 710. The predicted octanol–water partition coefficient (Wildman–Crippen LogP) is 2.70. The number of nitro groups is 1. The van der Waals surface area contributed by atoms with Crippen molar-refractivity contribution < 1.29 is 18.5 Å². The first-order valence-electron chi connectivity index (χ1n) is 5.49. The van der Waals surface area contributed by atoms with E-state index in [1.54, 1.807) is 0 Å². The highest BCUT2D eigenvalue weighted by Crippen LogP contribution is 2.21. The molecule has 0 saturated heterocycles. The highest BCUT2D eigenvalue weighted by atomic mass is 32.1. The van der Waals surface area contributed by atoms with Gasteiger partial charge >= 0.3 is 5.00 Å². The molecule has 108 valence electrons. The first-order valence-corrected chi connectivity index (χ1v) is 6.37. The Labute approximate surface area is 120 Å². The number of carbonyl (C=O) groups excluding carboxylic acids is 1. The molecule has 1 aromatic heterocycles. The summed E-state index contributed by atoms with van der Waals surface area (Å²) in [7, 11) is 0. The summed E-state index contributed by atoms with van der Waals surface area (Å²) in [6.45, 7) is 0. The average molecular weight is 311 g/mol. The number of nitrogens with zero attached hydrogens (tertiary/aromatic N) is 2. The summed E-state index contributed by atoms with van der Waals surface area (Å²) >= 11 is 0.895. The van der Waals surface area contributed by atoms with Crippen LogP contribution in [0.1, 0.15) is 15.9 Å². The van der Waals surface area contributed by atoms with Crippen molar-refractivity contribution in [3.8, 4) is 0 Å². The maximum absolute atomic E-state index is 13.3. The van der Waals surface area contributed by atoms with Crippen molar-refractivity contribution in [2.24, 2.45) is 5.10 Å². The van der Waals surface area contributed by atoms with E-state index in [0.717, 1.165) is 35.8 Å². The lowest BCUT2D eigenvalue weighted by atomic mass is 10.2. The Morgan fingerprint density at radius 3 is 2.62 bits per heavy atom. The van der Waals surface area contributed by atoms with E-state index in [4.69, 9.17) is 0 Å². The molecule has 0 saturated carbocycles. The molecule has 0 atom stereocenters. The Kier molecular flexibility index (Phi) is 4.33. The Balaban J connectivity index is 2.06. The van der Waals surface area contributed by atoms with E-state index in [1.165, 1.54) is 11.4 Å². The van der Waals surface area contributed by atoms with Crippen LogP contribution in [0.15, 0.2) is 34.7 Å². The van der Waals surface area contributed by atoms with E-state index in [0.29, 0.717) is 5.56 Å². The van der Waals surface area contributed by atoms with E-state index in [1.807, 2.05) is 5.43 Å². The third kappa shape index (κ3) is 3.45. The molecule has 1 heterocycles. The van der Waals surface area contributed by atoms with Gasteiger partial charge in [0.05, 0.1) is 11.1 Å². The van der Waals surface area contributed by atoms with Crippen LogP contribution in [-0.2, 0) is 0 Å². The number of benzene rings is 1. The number of hydrogen-bond donors (Lipinski definition) is 1.